The third-order valence-electron chi connectivity index (χ3n) is 6.81. The normalized spacial score (nSPS) is 20.1. The number of rotatable bonds is 3. The summed E-state index contributed by atoms with van der Waals surface area (Å²) in [5, 5.41) is 1.58. The van der Waals surface area contributed by atoms with Crippen LogP contribution in [-0.2, 0) is 15.6 Å². The lowest BCUT2D eigenvalue weighted by molar-refractivity contribution is -0.115. The van der Waals surface area contributed by atoms with Crippen LogP contribution in [0.15, 0.2) is 23.1 Å². The van der Waals surface area contributed by atoms with Crippen molar-refractivity contribution in [3.63, 3.8) is 0 Å². The molecule has 2 aromatic carbocycles. The molecule has 1 heterocycles. The van der Waals surface area contributed by atoms with Gasteiger partial charge in [0.1, 0.15) is 0 Å². The Bertz CT molecular complexity index is 1230. The van der Waals surface area contributed by atoms with Gasteiger partial charge in [-0.05, 0) is 82.8 Å². The van der Waals surface area contributed by atoms with Crippen molar-refractivity contribution in [1.82, 2.24) is 5.32 Å². The Balaban J connectivity index is 1.96. The molecule has 4 nitrogen and oxygen atoms in total. The van der Waals surface area contributed by atoms with Crippen LogP contribution in [0.1, 0.15) is 62.8 Å². The standard InChI is InChI=1S/C26H27F2NO3S/c1-13-9-17-18(26(4,5)8-7-25(17,2)3)12-15(13)16-10-14(20(27)21(28)22(16)32-6)11-19-23(30)29-24(31)33-19/h9-12H,7-8H2,1-6H3,(H,29,30,31)/b19-11+. The van der Waals surface area contributed by atoms with Gasteiger partial charge in [0.15, 0.2) is 11.6 Å². The van der Waals surface area contributed by atoms with Crippen LogP contribution in [0.25, 0.3) is 17.2 Å². The van der Waals surface area contributed by atoms with E-state index in [1.165, 1.54) is 30.4 Å². The zero-order valence-corrected chi connectivity index (χ0v) is 20.4. The number of methoxy groups -OCH3 is 1. The molecule has 0 unspecified atom stereocenters. The van der Waals surface area contributed by atoms with Crippen LogP contribution in [-0.4, -0.2) is 18.3 Å². The van der Waals surface area contributed by atoms with Gasteiger partial charge in [0.2, 0.25) is 5.82 Å². The van der Waals surface area contributed by atoms with Gasteiger partial charge in [0.25, 0.3) is 11.1 Å². The summed E-state index contributed by atoms with van der Waals surface area (Å²) >= 11 is 0.657. The topological polar surface area (TPSA) is 55.4 Å². The van der Waals surface area contributed by atoms with Gasteiger partial charge in [-0.15, -0.1) is 0 Å². The van der Waals surface area contributed by atoms with Crippen LogP contribution < -0.4 is 10.1 Å². The molecule has 0 spiro atoms. The van der Waals surface area contributed by atoms with Gasteiger partial charge in [0.05, 0.1) is 12.0 Å². The fourth-order valence-corrected chi connectivity index (χ4v) is 5.38. The summed E-state index contributed by atoms with van der Waals surface area (Å²) in [6.07, 6.45) is 3.28. The number of halogens is 2. The van der Waals surface area contributed by atoms with E-state index in [0.29, 0.717) is 17.3 Å². The van der Waals surface area contributed by atoms with E-state index >= 15 is 4.39 Å². The van der Waals surface area contributed by atoms with Gasteiger partial charge < -0.3 is 4.74 Å². The molecule has 0 atom stereocenters. The van der Waals surface area contributed by atoms with Crippen molar-refractivity contribution in [3.05, 3.63) is 57.0 Å². The molecule has 1 fully saturated rings. The van der Waals surface area contributed by atoms with Crippen LogP contribution in [0.4, 0.5) is 13.6 Å². The maximum Gasteiger partial charge on any atom is 0.290 e. The number of nitrogens with one attached hydrogen (secondary N) is 1. The molecular weight excluding hydrogens is 444 g/mol. The second-order valence-corrected chi connectivity index (χ2v) is 11.0. The average Bonchev–Trinajstić information content (AvgIpc) is 3.05. The first-order chi connectivity index (χ1) is 15.4. The van der Waals surface area contributed by atoms with Crippen LogP contribution >= 0.6 is 11.8 Å². The van der Waals surface area contributed by atoms with Crippen molar-refractivity contribution in [2.75, 3.05) is 7.11 Å². The Morgan fingerprint density at radius 3 is 2.12 bits per heavy atom. The van der Waals surface area contributed by atoms with Crippen LogP contribution in [0.5, 0.6) is 5.75 Å². The van der Waals surface area contributed by atoms with Crippen LogP contribution in [0, 0.1) is 18.6 Å². The number of imide groups is 1. The first-order valence-corrected chi connectivity index (χ1v) is 11.6. The molecule has 174 valence electrons. The lowest BCUT2D eigenvalue weighted by Gasteiger charge is -2.42. The van der Waals surface area contributed by atoms with Gasteiger partial charge in [-0.25, -0.2) is 4.39 Å². The number of ether oxygens (including phenoxy) is 1. The minimum Gasteiger partial charge on any atom is -0.493 e. The number of hydrogen-bond donors (Lipinski definition) is 1. The Hall–Kier alpha value is -2.67. The van der Waals surface area contributed by atoms with E-state index in [9.17, 15) is 14.0 Å². The largest absolute Gasteiger partial charge is 0.493 e. The molecule has 1 aliphatic carbocycles. The number of amides is 2. The fraction of sp³-hybridized carbons (Fsp3) is 0.385. The summed E-state index contributed by atoms with van der Waals surface area (Å²) < 4.78 is 35.3. The van der Waals surface area contributed by atoms with E-state index in [2.05, 4.69) is 45.1 Å². The van der Waals surface area contributed by atoms with Crippen LogP contribution in [0.2, 0.25) is 0 Å². The third kappa shape index (κ3) is 3.97. The Kier molecular flexibility index (Phi) is 5.68. The van der Waals surface area contributed by atoms with Gasteiger partial charge in [-0.3, -0.25) is 14.9 Å². The molecular formula is C26H27F2NO3S. The predicted molar refractivity (Wildman–Crippen MR) is 127 cm³/mol. The van der Waals surface area contributed by atoms with Crippen LogP contribution in [0.3, 0.4) is 0 Å². The van der Waals surface area contributed by atoms with Gasteiger partial charge in [-0.1, -0.05) is 33.8 Å². The molecule has 2 amide bonds. The lowest BCUT2D eigenvalue weighted by atomic mass is 9.62. The summed E-state index contributed by atoms with van der Waals surface area (Å²) in [5.41, 5.74) is 4.35. The van der Waals surface area contributed by atoms with Crippen molar-refractivity contribution < 1.29 is 23.1 Å². The number of thioether (sulfide) groups is 1. The maximum absolute atomic E-state index is 15.1. The molecule has 2 aromatic rings. The molecule has 4 rings (SSSR count). The summed E-state index contributed by atoms with van der Waals surface area (Å²) in [7, 11) is 1.30. The van der Waals surface area contributed by atoms with Crippen molar-refractivity contribution in [2.45, 2.75) is 58.3 Å². The second-order valence-electron chi connectivity index (χ2n) is 10.0. The first-order valence-electron chi connectivity index (χ1n) is 10.8. The van der Waals surface area contributed by atoms with E-state index in [1.807, 2.05) is 6.92 Å². The quantitative estimate of drug-likeness (QED) is 0.511. The van der Waals surface area contributed by atoms with Gasteiger partial charge >= 0.3 is 0 Å². The first kappa shape index (κ1) is 23.5. The molecule has 2 aliphatic rings. The van der Waals surface area contributed by atoms with E-state index in [1.54, 1.807) is 0 Å². The molecule has 1 saturated heterocycles. The minimum absolute atomic E-state index is 0.0134. The summed E-state index contributed by atoms with van der Waals surface area (Å²) in [6, 6.07) is 5.69. The Morgan fingerprint density at radius 1 is 0.970 bits per heavy atom. The zero-order valence-electron chi connectivity index (χ0n) is 19.6. The summed E-state index contributed by atoms with van der Waals surface area (Å²) in [4.78, 5) is 23.5. The third-order valence-corrected chi connectivity index (χ3v) is 7.62. The highest BCUT2D eigenvalue weighted by molar-refractivity contribution is 8.18. The molecule has 1 N–H and O–H groups in total. The summed E-state index contributed by atoms with van der Waals surface area (Å²) in [6.45, 7) is 10.8. The molecule has 7 heteroatoms. The Morgan fingerprint density at radius 2 is 1.58 bits per heavy atom. The van der Waals surface area contributed by atoms with E-state index in [4.69, 9.17) is 4.74 Å². The summed E-state index contributed by atoms with van der Waals surface area (Å²) in [5.74, 6) is -3.08. The van der Waals surface area contributed by atoms with Crippen molar-refractivity contribution >= 4 is 29.0 Å². The molecule has 0 saturated carbocycles. The smallest absolute Gasteiger partial charge is 0.290 e. The lowest BCUT2D eigenvalue weighted by Crippen LogP contribution is -2.34. The maximum atomic E-state index is 15.1. The zero-order chi connectivity index (χ0) is 24.3. The van der Waals surface area contributed by atoms with E-state index in [-0.39, 0.29) is 27.0 Å². The monoisotopic (exact) mass is 471 g/mol. The minimum atomic E-state index is -1.13. The average molecular weight is 472 g/mol. The number of benzene rings is 2. The molecule has 1 aliphatic heterocycles. The van der Waals surface area contributed by atoms with Crippen molar-refractivity contribution in [2.24, 2.45) is 0 Å². The van der Waals surface area contributed by atoms with Gasteiger partial charge in [-0.2, -0.15) is 4.39 Å². The fourth-order valence-electron chi connectivity index (χ4n) is 4.71. The van der Waals surface area contributed by atoms with Crippen molar-refractivity contribution in [3.8, 4) is 16.9 Å². The molecule has 0 aromatic heterocycles. The molecule has 0 bridgehead atoms. The number of carbonyl (C=O) groups excluding carboxylic acids is 2. The molecule has 0 radical (unpaired) electrons. The molecule has 33 heavy (non-hydrogen) atoms. The highest BCUT2D eigenvalue weighted by Crippen LogP contribution is 2.49. The highest BCUT2D eigenvalue weighted by Gasteiger charge is 2.38. The number of fused-ring (bicyclic) bond motifs is 1. The predicted octanol–water partition coefficient (Wildman–Crippen LogP) is 6.62. The van der Waals surface area contributed by atoms with Crippen molar-refractivity contribution in [1.29, 1.82) is 0 Å². The number of aryl methyl sites for hydroxylation is 1. The van der Waals surface area contributed by atoms with Gasteiger partial charge in [0, 0.05) is 11.1 Å². The Labute approximate surface area is 196 Å². The highest BCUT2D eigenvalue weighted by atomic mass is 32.2. The second kappa shape index (κ2) is 7.97. The number of carbonyl (C=O) groups is 2. The van der Waals surface area contributed by atoms with E-state index in [0.717, 1.165) is 24.0 Å². The van der Waals surface area contributed by atoms with E-state index < -0.39 is 22.8 Å². The number of hydrogen-bond acceptors (Lipinski definition) is 4. The SMILES string of the molecule is COc1c(-c2cc3c(cc2C)C(C)(C)CCC3(C)C)cc(/C=C2/SC(=O)NC2=O)c(F)c1F.